The lowest BCUT2D eigenvalue weighted by atomic mass is 10.1. The molecule has 0 radical (unpaired) electrons. The molecule has 3 N–H and O–H groups in total. The minimum Gasteiger partial charge on any atom is -0.497 e. The quantitative estimate of drug-likeness (QED) is 0.485. The standard InChI is InChI=1S/C19H19N3O3S/c1-12-15-5-3-4-6-16(15)25-17(12)18(23)21-22-19(26)20-11-13-7-9-14(24-2)10-8-13/h3-10H,11H2,1-2H3,(H,21,23)(H2,20,22,26). The molecule has 7 heteroatoms. The number of thiocarbonyl (C=S) groups is 1. The van der Waals surface area contributed by atoms with Crippen LogP contribution in [0, 0.1) is 6.92 Å². The van der Waals surface area contributed by atoms with Crippen molar-refractivity contribution in [3.8, 4) is 5.75 Å². The highest BCUT2D eigenvalue weighted by molar-refractivity contribution is 7.80. The van der Waals surface area contributed by atoms with Gasteiger partial charge in [0.2, 0.25) is 0 Å². The minimum absolute atomic E-state index is 0.261. The molecule has 0 fully saturated rings. The normalized spacial score (nSPS) is 10.4. The van der Waals surface area contributed by atoms with Gasteiger partial charge in [-0.15, -0.1) is 0 Å². The van der Waals surface area contributed by atoms with Crippen LogP contribution in [0.2, 0.25) is 0 Å². The smallest absolute Gasteiger partial charge is 0.305 e. The van der Waals surface area contributed by atoms with Gasteiger partial charge >= 0.3 is 5.91 Å². The number of hydrazine groups is 1. The monoisotopic (exact) mass is 369 g/mol. The maximum absolute atomic E-state index is 12.3. The number of benzene rings is 2. The first-order chi connectivity index (χ1) is 12.6. The fourth-order valence-electron chi connectivity index (χ4n) is 2.53. The first kappa shape index (κ1) is 17.8. The summed E-state index contributed by atoms with van der Waals surface area (Å²) in [6.45, 7) is 2.37. The summed E-state index contributed by atoms with van der Waals surface area (Å²) in [5, 5.41) is 4.24. The van der Waals surface area contributed by atoms with E-state index in [2.05, 4.69) is 16.2 Å². The number of nitrogens with one attached hydrogen (secondary N) is 3. The van der Waals surface area contributed by atoms with Crippen LogP contribution in [0.25, 0.3) is 11.0 Å². The number of para-hydroxylation sites is 1. The third-order valence-electron chi connectivity index (χ3n) is 3.95. The molecule has 0 spiro atoms. The van der Waals surface area contributed by atoms with Crippen LogP contribution in [-0.2, 0) is 6.54 Å². The molecule has 0 bridgehead atoms. The van der Waals surface area contributed by atoms with Gasteiger partial charge in [0.05, 0.1) is 7.11 Å². The van der Waals surface area contributed by atoms with Crippen molar-refractivity contribution >= 4 is 34.2 Å². The van der Waals surface area contributed by atoms with Crippen molar-refractivity contribution < 1.29 is 13.9 Å². The molecule has 0 unspecified atom stereocenters. The van der Waals surface area contributed by atoms with Gasteiger partial charge in [0.15, 0.2) is 10.9 Å². The largest absolute Gasteiger partial charge is 0.497 e. The van der Waals surface area contributed by atoms with Crippen molar-refractivity contribution in [2.45, 2.75) is 13.5 Å². The molecule has 26 heavy (non-hydrogen) atoms. The molecule has 0 atom stereocenters. The molecule has 3 aromatic rings. The number of furan rings is 1. The molecule has 0 aliphatic carbocycles. The number of carbonyl (C=O) groups is 1. The fourth-order valence-corrected chi connectivity index (χ4v) is 2.65. The molecule has 0 saturated heterocycles. The second-order valence-corrected chi connectivity index (χ2v) is 6.07. The van der Waals surface area contributed by atoms with Gasteiger partial charge in [0.25, 0.3) is 0 Å². The molecule has 1 amide bonds. The average molecular weight is 369 g/mol. The number of ether oxygens (including phenoxy) is 1. The van der Waals surface area contributed by atoms with Crippen LogP contribution in [0.1, 0.15) is 21.7 Å². The first-order valence-electron chi connectivity index (χ1n) is 8.03. The molecule has 1 heterocycles. The first-order valence-corrected chi connectivity index (χ1v) is 8.44. The Morgan fingerprint density at radius 1 is 1.12 bits per heavy atom. The Kier molecular flexibility index (Phi) is 5.38. The molecule has 3 rings (SSSR count). The Hall–Kier alpha value is -3.06. The van der Waals surface area contributed by atoms with Crippen molar-refractivity contribution in [1.29, 1.82) is 0 Å². The zero-order valence-corrected chi connectivity index (χ0v) is 15.3. The van der Waals surface area contributed by atoms with E-state index in [0.29, 0.717) is 17.2 Å². The predicted octanol–water partition coefficient (Wildman–Crippen LogP) is 3.06. The highest BCUT2D eigenvalue weighted by Gasteiger charge is 2.17. The van der Waals surface area contributed by atoms with E-state index in [-0.39, 0.29) is 11.7 Å². The van der Waals surface area contributed by atoms with E-state index in [0.717, 1.165) is 22.3 Å². The Morgan fingerprint density at radius 2 is 1.85 bits per heavy atom. The second-order valence-electron chi connectivity index (χ2n) is 5.66. The van der Waals surface area contributed by atoms with E-state index in [1.165, 1.54) is 0 Å². The third kappa shape index (κ3) is 3.94. The van der Waals surface area contributed by atoms with E-state index in [1.807, 2.05) is 55.5 Å². The van der Waals surface area contributed by atoms with Gasteiger partial charge in [-0.25, -0.2) is 0 Å². The number of carbonyl (C=O) groups excluding carboxylic acids is 1. The van der Waals surface area contributed by atoms with Crippen LogP contribution in [0.5, 0.6) is 5.75 Å². The zero-order chi connectivity index (χ0) is 18.5. The lowest BCUT2D eigenvalue weighted by Gasteiger charge is -2.11. The van der Waals surface area contributed by atoms with E-state index < -0.39 is 0 Å². The zero-order valence-electron chi connectivity index (χ0n) is 14.5. The maximum atomic E-state index is 12.3. The summed E-state index contributed by atoms with van der Waals surface area (Å²) >= 11 is 5.18. The number of aryl methyl sites for hydroxylation is 1. The van der Waals surface area contributed by atoms with Crippen molar-refractivity contribution in [2.24, 2.45) is 0 Å². The molecule has 0 saturated carbocycles. The van der Waals surface area contributed by atoms with Crippen molar-refractivity contribution in [2.75, 3.05) is 7.11 Å². The van der Waals surface area contributed by atoms with Gasteiger partial charge in [-0.2, -0.15) is 0 Å². The van der Waals surface area contributed by atoms with Crippen LogP contribution in [0.15, 0.2) is 52.9 Å². The summed E-state index contributed by atoms with van der Waals surface area (Å²) in [6, 6.07) is 15.1. The number of rotatable bonds is 4. The summed E-state index contributed by atoms with van der Waals surface area (Å²) in [5.41, 5.74) is 7.73. The Morgan fingerprint density at radius 3 is 2.54 bits per heavy atom. The molecule has 1 aromatic heterocycles. The Labute approximate surface area is 156 Å². The number of methoxy groups -OCH3 is 1. The lowest BCUT2D eigenvalue weighted by Crippen LogP contribution is -2.46. The van der Waals surface area contributed by atoms with E-state index in [9.17, 15) is 4.79 Å². The van der Waals surface area contributed by atoms with Crippen molar-refractivity contribution in [3.05, 3.63) is 65.4 Å². The van der Waals surface area contributed by atoms with Gasteiger partial charge in [-0.1, -0.05) is 30.3 Å². The average Bonchev–Trinajstić information content (AvgIpc) is 3.02. The molecular weight excluding hydrogens is 350 g/mol. The Balaban J connectivity index is 1.53. The maximum Gasteiger partial charge on any atom is 0.305 e. The SMILES string of the molecule is COc1ccc(CNC(=S)NNC(=O)c2oc3ccccc3c2C)cc1. The van der Waals surface area contributed by atoms with Crippen LogP contribution >= 0.6 is 12.2 Å². The van der Waals surface area contributed by atoms with E-state index in [1.54, 1.807) is 7.11 Å². The van der Waals surface area contributed by atoms with Gasteiger partial charge in [-0.05, 0) is 42.9 Å². The second kappa shape index (κ2) is 7.88. The van der Waals surface area contributed by atoms with E-state index >= 15 is 0 Å². The lowest BCUT2D eigenvalue weighted by molar-refractivity contribution is 0.0917. The summed E-state index contributed by atoms with van der Waals surface area (Å²) in [7, 11) is 1.62. The highest BCUT2D eigenvalue weighted by atomic mass is 32.1. The van der Waals surface area contributed by atoms with Crippen LogP contribution in [0.3, 0.4) is 0 Å². The summed E-state index contributed by atoms with van der Waals surface area (Å²) in [5.74, 6) is 0.673. The third-order valence-corrected chi connectivity index (χ3v) is 4.20. The highest BCUT2D eigenvalue weighted by Crippen LogP contribution is 2.24. The molecule has 6 nitrogen and oxygen atoms in total. The van der Waals surface area contributed by atoms with Gasteiger partial charge in [-0.3, -0.25) is 15.6 Å². The molecule has 0 aliphatic rings. The van der Waals surface area contributed by atoms with Crippen LogP contribution in [0.4, 0.5) is 0 Å². The van der Waals surface area contributed by atoms with Crippen LogP contribution in [-0.4, -0.2) is 18.1 Å². The van der Waals surface area contributed by atoms with Gasteiger partial charge in [0.1, 0.15) is 11.3 Å². The topological polar surface area (TPSA) is 75.5 Å². The predicted molar refractivity (Wildman–Crippen MR) is 104 cm³/mol. The summed E-state index contributed by atoms with van der Waals surface area (Å²) in [6.07, 6.45) is 0. The van der Waals surface area contributed by atoms with Crippen molar-refractivity contribution in [1.82, 2.24) is 16.2 Å². The Bertz CT molecular complexity index is 935. The number of hydrogen-bond donors (Lipinski definition) is 3. The van der Waals surface area contributed by atoms with E-state index in [4.69, 9.17) is 21.4 Å². The number of amides is 1. The fraction of sp³-hybridized carbons (Fsp3) is 0.158. The molecule has 134 valence electrons. The van der Waals surface area contributed by atoms with Crippen LogP contribution < -0.4 is 20.9 Å². The number of hydrogen-bond acceptors (Lipinski definition) is 4. The minimum atomic E-state index is -0.382. The van der Waals surface area contributed by atoms with Crippen molar-refractivity contribution in [3.63, 3.8) is 0 Å². The molecule has 2 aromatic carbocycles. The molecule has 0 aliphatic heterocycles. The van der Waals surface area contributed by atoms with Gasteiger partial charge < -0.3 is 14.5 Å². The number of fused-ring (bicyclic) bond motifs is 1. The van der Waals surface area contributed by atoms with Gasteiger partial charge in [0, 0.05) is 17.5 Å². The summed E-state index contributed by atoms with van der Waals surface area (Å²) < 4.78 is 10.7. The summed E-state index contributed by atoms with van der Waals surface area (Å²) in [4.78, 5) is 12.3. The molecular formula is C19H19N3O3S.